The Morgan fingerprint density at radius 3 is 1.20 bits per heavy atom. The standard InChI is InChI=1S/C16H39P3Si/c1-14(2,3)18(20(11,12)13)17-19(10,15(4,5)6)16(7,8)9/h1-13H3. The zero-order valence-corrected chi connectivity index (χ0v) is 20.0. The molecule has 0 radical (unpaired) electrons. The fourth-order valence-corrected chi connectivity index (χ4v) is 43.5. The van der Waals surface area contributed by atoms with E-state index in [9.17, 15) is 0 Å². The van der Waals surface area contributed by atoms with Crippen LogP contribution in [0.3, 0.4) is 0 Å². The molecule has 4 heteroatoms. The summed E-state index contributed by atoms with van der Waals surface area (Å²) in [7, 11) is 0.826. The van der Waals surface area contributed by atoms with Gasteiger partial charge in [-0.15, -0.1) is 0 Å². The van der Waals surface area contributed by atoms with Crippen molar-refractivity contribution in [1.82, 2.24) is 0 Å². The van der Waals surface area contributed by atoms with Gasteiger partial charge in [-0.2, -0.15) is 0 Å². The van der Waals surface area contributed by atoms with Gasteiger partial charge in [0, 0.05) is 0 Å². The summed E-state index contributed by atoms with van der Waals surface area (Å²) in [6.45, 7) is 31.7. The van der Waals surface area contributed by atoms with E-state index in [0.29, 0.717) is 15.5 Å². The van der Waals surface area contributed by atoms with E-state index in [1.54, 1.807) is 0 Å². The fraction of sp³-hybridized carbons (Fsp3) is 1.00. The SMILES string of the molecule is CC(C)(C)P(P=P(C)(C(C)(C)C)C(C)(C)C)[Si](C)(C)C. The maximum Gasteiger partial charge on any atom is 0.0828 e. The molecule has 20 heavy (non-hydrogen) atoms. The lowest BCUT2D eigenvalue weighted by Crippen LogP contribution is -2.29. The van der Waals surface area contributed by atoms with Crippen LogP contribution in [0.25, 0.3) is 0 Å². The van der Waals surface area contributed by atoms with Crippen LogP contribution in [0.5, 0.6) is 0 Å². The highest BCUT2D eigenvalue weighted by molar-refractivity contribution is 8.49. The van der Waals surface area contributed by atoms with Gasteiger partial charge < -0.3 is 0 Å². The van der Waals surface area contributed by atoms with Gasteiger partial charge in [-0.25, -0.2) is 0 Å². The molecule has 0 rings (SSSR count). The first-order valence-electron chi connectivity index (χ1n) is 7.74. The quantitative estimate of drug-likeness (QED) is 0.347. The number of rotatable bonds is 2. The molecule has 0 aliphatic carbocycles. The third-order valence-electron chi connectivity index (χ3n) is 4.15. The zero-order valence-electron chi connectivity index (χ0n) is 16.3. The van der Waals surface area contributed by atoms with Gasteiger partial charge in [0.1, 0.15) is 0 Å². The van der Waals surface area contributed by atoms with Crippen LogP contribution in [0.1, 0.15) is 62.3 Å². The topological polar surface area (TPSA) is 0 Å². The van der Waals surface area contributed by atoms with Crippen LogP contribution in [0, 0.1) is 0 Å². The number of hydrogen-bond acceptors (Lipinski definition) is 0. The van der Waals surface area contributed by atoms with E-state index in [1.807, 2.05) is 7.56 Å². The average Bonchev–Trinajstić information content (AvgIpc) is 2.05. The summed E-state index contributed by atoms with van der Waals surface area (Å²) in [6.07, 6.45) is 0. The first kappa shape index (κ1) is 21.4. The molecule has 0 aromatic carbocycles. The summed E-state index contributed by atoms with van der Waals surface area (Å²) in [5, 5.41) is 1.37. The van der Waals surface area contributed by atoms with Crippen molar-refractivity contribution in [2.24, 2.45) is 0 Å². The van der Waals surface area contributed by atoms with E-state index in [0.717, 1.165) is 0 Å². The Kier molecular flexibility index (Phi) is 6.53. The molecule has 0 fully saturated rings. The van der Waals surface area contributed by atoms with Crippen LogP contribution >= 0.6 is 21.3 Å². The molecule has 0 aromatic rings. The van der Waals surface area contributed by atoms with Crippen molar-refractivity contribution in [3.63, 3.8) is 0 Å². The summed E-state index contributed by atoms with van der Waals surface area (Å²) in [5.74, 6) is 0. The Balaban J connectivity index is 6.32. The molecular formula is C16H39P3Si. The van der Waals surface area contributed by atoms with Crippen molar-refractivity contribution < 1.29 is 0 Å². The molecular weight excluding hydrogens is 313 g/mol. The van der Waals surface area contributed by atoms with Gasteiger partial charge in [-0.1, -0.05) is 103 Å². The van der Waals surface area contributed by atoms with E-state index >= 15 is 0 Å². The van der Waals surface area contributed by atoms with Gasteiger partial charge in [-0.05, 0) is 22.1 Å². The third kappa shape index (κ3) is 4.95. The normalized spacial score (nSPS) is 17.4. The van der Waals surface area contributed by atoms with Gasteiger partial charge >= 0.3 is 0 Å². The van der Waals surface area contributed by atoms with E-state index in [-0.39, 0.29) is 7.16 Å². The number of hydrogen-bond donors (Lipinski definition) is 0. The molecule has 0 saturated carbocycles. The summed E-state index contributed by atoms with van der Waals surface area (Å²) < 4.78 is 0. The zero-order chi connectivity index (χ0) is 16.8. The van der Waals surface area contributed by atoms with Gasteiger partial charge in [0.25, 0.3) is 0 Å². The van der Waals surface area contributed by atoms with Crippen molar-refractivity contribution in [2.75, 3.05) is 6.66 Å². The Labute approximate surface area is 133 Å². The van der Waals surface area contributed by atoms with E-state index in [2.05, 4.69) is 88.6 Å². The lowest BCUT2D eigenvalue weighted by Gasteiger charge is -2.49. The highest BCUT2D eigenvalue weighted by Gasteiger charge is 2.43. The summed E-state index contributed by atoms with van der Waals surface area (Å²) in [6, 6.07) is 0. The van der Waals surface area contributed by atoms with Gasteiger partial charge in [0.05, 0.1) is 7.74 Å². The van der Waals surface area contributed by atoms with Crippen LogP contribution < -0.4 is 0 Å². The molecule has 0 spiro atoms. The molecule has 122 valence electrons. The van der Waals surface area contributed by atoms with Crippen molar-refractivity contribution in [3.05, 3.63) is 0 Å². The third-order valence-corrected chi connectivity index (χ3v) is 37.9. The minimum absolute atomic E-state index is 0.101. The van der Waals surface area contributed by atoms with E-state index in [1.165, 1.54) is 0 Å². The molecule has 0 aliphatic heterocycles. The molecule has 0 aliphatic rings. The van der Waals surface area contributed by atoms with Crippen molar-refractivity contribution in [2.45, 2.75) is 97.4 Å². The predicted molar refractivity (Wildman–Crippen MR) is 109 cm³/mol. The fourth-order valence-electron chi connectivity index (χ4n) is 2.73. The summed E-state index contributed by atoms with van der Waals surface area (Å²) in [4.78, 5) is 0. The van der Waals surface area contributed by atoms with Crippen molar-refractivity contribution in [1.29, 1.82) is 0 Å². The lowest BCUT2D eigenvalue weighted by molar-refractivity contribution is 0.708. The highest BCUT2D eigenvalue weighted by Crippen LogP contribution is 2.82. The first-order chi connectivity index (χ1) is 8.34. The summed E-state index contributed by atoms with van der Waals surface area (Å²) >= 11 is 0. The molecule has 0 N–H and O–H groups in total. The van der Waals surface area contributed by atoms with Crippen LogP contribution in [0.4, 0.5) is 0 Å². The van der Waals surface area contributed by atoms with Crippen LogP contribution in [-0.4, -0.2) is 29.9 Å². The molecule has 1 unspecified atom stereocenters. The molecule has 0 bridgehead atoms. The molecule has 1 atom stereocenters. The van der Waals surface area contributed by atoms with Crippen molar-refractivity contribution in [3.8, 4) is 0 Å². The van der Waals surface area contributed by atoms with Gasteiger partial charge in [-0.3, -0.25) is 0 Å². The molecule has 0 saturated heterocycles. The molecule has 0 nitrogen and oxygen atoms in total. The largest absolute Gasteiger partial charge is 0.0836 e. The molecule has 0 heterocycles. The van der Waals surface area contributed by atoms with Crippen molar-refractivity contribution >= 4 is 29.0 Å². The van der Waals surface area contributed by atoms with Gasteiger partial charge in [0.15, 0.2) is 0 Å². The predicted octanol–water partition coefficient (Wildman–Crippen LogP) is 8.12. The average molecular weight is 352 g/mol. The van der Waals surface area contributed by atoms with E-state index < -0.39 is 14.3 Å². The van der Waals surface area contributed by atoms with Gasteiger partial charge in [0.2, 0.25) is 0 Å². The molecule has 0 amide bonds. The lowest BCUT2D eigenvalue weighted by atomic mass is 10.2. The first-order valence-corrected chi connectivity index (χ1v) is 18.0. The van der Waals surface area contributed by atoms with Crippen LogP contribution in [0.2, 0.25) is 19.6 Å². The Hall–Kier alpha value is 1.38. The Bertz CT molecular complexity index is 352. The minimum Gasteiger partial charge on any atom is -0.0836 e. The Morgan fingerprint density at radius 1 is 0.750 bits per heavy atom. The maximum absolute atomic E-state index is 2.65. The maximum atomic E-state index is 2.65. The minimum atomic E-state index is -1.11. The second-order valence-corrected chi connectivity index (χ2v) is 33.4. The molecule has 0 aromatic heterocycles. The van der Waals surface area contributed by atoms with E-state index in [4.69, 9.17) is 0 Å². The van der Waals surface area contributed by atoms with Crippen LogP contribution in [-0.2, 0) is 0 Å². The second-order valence-electron chi connectivity index (χ2n) is 10.0. The second kappa shape index (κ2) is 6.11. The summed E-state index contributed by atoms with van der Waals surface area (Å²) in [5.41, 5.74) is 0. The highest BCUT2D eigenvalue weighted by atomic mass is 32.3. The Morgan fingerprint density at radius 2 is 1.05 bits per heavy atom. The van der Waals surface area contributed by atoms with Crippen LogP contribution in [0.15, 0.2) is 0 Å². The smallest absolute Gasteiger partial charge is 0.0828 e. The monoisotopic (exact) mass is 352 g/mol.